The molecule has 187 valence electrons. The second kappa shape index (κ2) is 9.01. The van der Waals surface area contributed by atoms with Crippen molar-refractivity contribution in [1.82, 2.24) is 0 Å². The Bertz CT molecular complexity index is 2190. The molecule has 40 heavy (non-hydrogen) atoms. The summed E-state index contributed by atoms with van der Waals surface area (Å²) in [7, 11) is 0.762. The standard InChI is InChI=1S/C36H22BO3/c38-37-40-36-30-14-5-3-12-27(30)35(28-13-4-6-15-31(28)36)29-19-18-23(24-9-1-2-10-25(24)29)22-17-20-34-32(21-22)26-11-7-8-16-33(26)39-34/h1-21,38H. The molecule has 0 saturated heterocycles. The second-order valence-electron chi connectivity index (χ2n) is 10.0. The zero-order chi connectivity index (χ0) is 26.6. The maximum Gasteiger partial charge on any atom is 0.569 e. The number of para-hydroxylation sites is 1. The van der Waals surface area contributed by atoms with Crippen LogP contribution in [0.2, 0.25) is 0 Å². The fourth-order valence-electron chi connectivity index (χ4n) is 6.22. The Labute approximate surface area is 231 Å². The molecule has 8 rings (SSSR count). The van der Waals surface area contributed by atoms with Gasteiger partial charge < -0.3 is 14.1 Å². The van der Waals surface area contributed by atoms with Gasteiger partial charge in [-0.1, -0.05) is 109 Å². The smallest absolute Gasteiger partial charge is 0.537 e. The van der Waals surface area contributed by atoms with Gasteiger partial charge in [-0.15, -0.1) is 0 Å². The normalized spacial score (nSPS) is 11.6. The van der Waals surface area contributed by atoms with Gasteiger partial charge in [0.1, 0.15) is 16.9 Å². The van der Waals surface area contributed by atoms with Gasteiger partial charge in [0.25, 0.3) is 0 Å². The van der Waals surface area contributed by atoms with Gasteiger partial charge in [-0.25, -0.2) is 0 Å². The summed E-state index contributed by atoms with van der Waals surface area (Å²) in [4.78, 5) is 0. The third kappa shape index (κ3) is 3.37. The molecule has 0 aliphatic carbocycles. The van der Waals surface area contributed by atoms with Crippen LogP contribution in [0.1, 0.15) is 0 Å². The van der Waals surface area contributed by atoms with Crippen LogP contribution in [0.4, 0.5) is 0 Å². The van der Waals surface area contributed by atoms with Crippen LogP contribution in [0.25, 0.3) is 76.5 Å². The van der Waals surface area contributed by atoms with Gasteiger partial charge >= 0.3 is 7.69 Å². The molecule has 7 aromatic carbocycles. The van der Waals surface area contributed by atoms with Crippen LogP contribution in [-0.2, 0) is 0 Å². The van der Waals surface area contributed by atoms with E-state index in [1.54, 1.807) is 0 Å². The van der Waals surface area contributed by atoms with Crippen molar-refractivity contribution in [3.63, 3.8) is 0 Å². The average Bonchev–Trinajstić information content (AvgIpc) is 3.39. The molecule has 0 atom stereocenters. The number of hydrogen-bond acceptors (Lipinski definition) is 3. The molecule has 1 N–H and O–H groups in total. The lowest BCUT2D eigenvalue weighted by Crippen LogP contribution is -2.02. The topological polar surface area (TPSA) is 42.6 Å². The monoisotopic (exact) mass is 513 g/mol. The fraction of sp³-hybridized carbons (Fsp3) is 0. The van der Waals surface area contributed by atoms with Gasteiger partial charge in [-0.2, -0.15) is 0 Å². The Balaban J connectivity index is 1.42. The lowest BCUT2D eigenvalue weighted by Gasteiger charge is -2.19. The molecule has 0 amide bonds. The minimum absolute atomic E-state index is 0.652. The largest absolute Gasteiger partial charge is 0.569 e. The van der Waals surface area contributed by atoms with E-state index >= 15 is 0 Å². The van der Waals surface area contributed by atoms with Gasteiger partial charge in [0.05, 0.1) is 0 Å². The van der Waals surface area contributed by atoms with E-state index in [2.05, 4.69) is 78.9 Å². The van der Waals surface area contributed by atoms with Crippen molar-refractivity contribution < 1.29 is 14.1 Å². The minimum atomic E-state index is 0.652. The van der Waals surface area contributed by atoms with Crippen LogP contribution in [0.5, 0.6) is 5.75 Å². The van der Waals surface area contributed by atoms with Crippen molar-refractivity contribution in [2.24, 2.45) is 0 Å². The Kier molecular flexibility index (Phi) is 5.16. The zero-order valence-electron chi connectivity index (χ0n) is 21.5. The van der Waals surface area contributed by atoms with E-state index in [4.69, 9.17) is 9.07 Å². The summed E-state index contributed by atoms with van der Waals surface area (Å²) in [6.07, 6.45) is 0. The number of rotatable bonds is 4. The zero-order valence-corrected chi connectivity index (χ0v) is 21.5. The summed E-state index contributed by atoms with van der Waals surface area (Å²) in [5, 5.41) is 18.2. The maximum absolute atomic E-state index is 9.56. The average molecular weight is 513 g/mol. The lowest BCUT2D eigenvalue weighted by molar-refractivity contribution is 0.459. The first-order valence-corrected chi connectivity index (χ1v) is 13.3. The second-order valence-corrected chi connectivity index (χ2v) is 10.0. The highest BCUT2D eigenvalue weighted by molar-refractivity contribution is 6.24. The van der Waals surface area contributed by atoms with E-state index in [-0.39, 0.29) is 0 Å². The first-order valence-electron chi connectivity index (χ1n) is 13.3. The quantitative estimate of drug-likeness (QED) is 0.188. The summed E-state index contributed by atoms with van der Waals surface area (Å²) < 4.78 is 11.8. The molecule has 0 unspecified atom stereocenters. The number of hydrogen-bond donors (Lipinski definition) is 1. The highest BCUT2D eigenvalue weighted by Crippen LogP contribution is 2.46. The molecule has 1 heterocycles. The van der Waals surface area contributed by atoms with Crippen molar-refractivity contribution in [2.75, 3.05) is 0 Å². The number of fused-ring (bicyclic) bond motifs is 6. The molecule has 1 aromatic heterocycles. The highest BCUT2D eigenvalue weighted by atomic mass is 16.5. The molecule has 3 nitrogen and oxygen atoms in total. The SMILES string of the molecule is O[B]Oc1c2ccccc2c(-c2ccc(-c3ccc4oc5ccccc5c4c3)c3ccccc23)c2ccccc12. The van der Waals surface area contributed by atoms with Crippen molar-refractivity contribution >= 4 is 61.9 Å². The predicted molar refractivity (Wildman–Crippen MR) is 166 cm³/mol. The fourth-order valence-corrected chi connectivity index (χ4v) is 6.22. The molecule has 0 spiro atoms. The summed E-state index contributed by atoms with van der Waals surface area (Å²) in [6, 6.07) is 44.2. The van der Waals surface area contributed by atoms with Gasteiger partial charge in [0, 0.05) is 21.5 Å². The van der Waals surface area contributed by atoms with Crippen LogP contribution in [-0.4, -0.2) is 12.7 Å². The van der Waals surface area contributed by atoms with Crippen LogP contribution in [0.3, 0.4) is 0 Å². The molecule has 0 bridgehead atoms. The van der Waals surface area contributed by atoms with Crippen molar-refractivity contribution in [2.45, 2.75) is 0 Å². The first kappa shape index (κ1) is 22.9. The van der Waals surface area contributed by atoms with Crippen LogP contribution in [0, 0.1) is 0 Å². The van der Waals surface area contributed by atoms with Gasteiger partial charge in [-0.05, 0) is 62.0 Å². The Morgan fingerprint density at radius 2 is 1.00 bits per heavy atom. The van der Waals surface area contributed by atoms with E-state index < -0.39 is 0 Å². The van der Waals surface area contributed by atoms with E-state index in [0.29, 0.717) is 5.75 Å². The molecule has 4 heteroatoms. The summed E-state index contributed by atoms with van der Waals surface area (Å²) in [5.41, 5.74) is 6.43. The molecule has 0 saturated carbocycles. The van der Waals surface area contributed by atoms with Crippen LogP contribution < -0.4 is 4.65 Å². The van der Waals surface area contributed by atoms with Gasteiger partial charge in [0.15, 0.2) is 0 Å². The van der Waals surface area contributed by atoms with Crippen molar-refractivity contribution in [3.8, 4) is 28.0 Å². The van der Waals surface area contributed by atoms with E-state index in [9.17, 15) is 5.02 Å². The summed E-state index contributed by atoms with van der Waals surface area (Å²) in [5.74, 6) is 0.652. The number of furan rings is 1. The third-order valence-electron chi connectivity index (χ3n) is 7.93. The molecular weight excluding hydrogens is 491 g/mol. The van der Waals surface area contributed by atoms with Crippen molar-refractivity contribution in [1.29, 1.82) is 0 Å². The molecule has 8 aromatic rings. The third-order valence-corrected chi connectivity index (χ3v) is 7.93. The first-order chi connectivity index (χ1) is 19.8. The molecule has 1 radical (unpaired) electrons. The van der Waals surface area contributed by atoms with Gasteiger partial charge in [-0.3, -0.25) is 0 Å². The van der Waals surface area contributed by atoms with E-state index in [1.807, 2.05) is 48.5 Å². The molecule has 0 aliphatic heterocycles. The summed E-state index contributed by atoms with van der Waals surface area (Å²) in [6.45, 7) is 0. The van der Waals surface area contributed by atoms with Gasteiger partial charge in [0.2, 0.25) is 0 Å². The summed E-state index contributed by atoms with van der Waals surface area (Å²) >= 11 is 0. The van der Waals surface area contributed by atoms with E-state index in [0.717, 1.165) is 67.9 Å². The number of benzene rings is 7. The molecule has 0 aliphatic rings. The van der Waals surface area contributed by atoms with Crippen molar-refractivity contribution in [3.05, 3.63) is 127 Å². The maximum atomic E-state index is 9.56. The lowest BCUT2D eigenvalue weighted by atomic mass is 9.86. The van der Waals surface area contributed by atoms with Crippen LogP contribution in [0.15, 0.2) is 132 Å². The Hall–Kier alpha value is -5.06. The molecule has 0 fully saturated rings. The highest BCUT2D eigenvalue weighted by Gasteiger charge is 2.19. The van der Waals surface area contributed by atoms with E-state index in [1.165, 1.54) is 16.3 Å². The molecular formula is C36H22BO3. The van der Waals surface area contributed by atoms with Crippen LogP contribution >= 0.6 is 0 Å². The Morgan fingerprint density at radius 1 is 0.475 bits per heavy atom. The minimum Gasteiger partial charge on any atom is -0.537 e. The Morgan fingerprint density at radius 3 is 1.68 bits per heavy atom. The predicted octanol–water partition coefficient (Wildman–Crippen LogP) is 9.28.